The number of carbonyl (C=O) groups is 2. The van der Waals surface area contributed by atoms with Crippen molar-refractivity contribution in [2.75, 3.05) is 20.3 Å². The van der Waals surface area contributed by atoms with Crippen LogP contribution in [0.1, 0.15) is 12.0 Å². The van der Waals surface area contributed by atoms with Crippen molar-refractivity contribution in [3.63, 3.8) is 0 Å². The zero-order valence-corrected chi connectivity index (χ0v) is 13.6. The number of benzene rings is 1. The largest absolute Gasteiger partial charge is 0.385 e. The van der Waals surface area contributed by atoms with E-state index in [4.69, 9.17) is 9.57 Å². The van der Waals surface area contributed by atoms with Gasteiger partial charge in [0.15, 0.2) is 0 Å². The van der Waals surface area contributed by atoms with Crippen molar-refractivity contribution >= 4 is 33.5 Å². The van der Waals surface area contributed by atoms with E-state index in [0.717, 1.165) is 10.0 Å². The molecule has 2 aliphatic heterocycles. The quantitative estimate of drug-likeness (QED) is 0.585. The highest BCUT2D eigenvalue weighted by atomic mass is 79.9. The number of likely N-dealkylation sites (tertiary alicyclic amines) is 1. The second kappa shape index (κ2) is 6.18. The molecule has 2 atom stereocenters. The Morgan fingerprint density at radius 3 is 2.68 bits per heavy atom. The smallest absolute Gasteiger partial charge is 0.274 e. The van der Waals surface area contributed by atoms with Crippen LogP contribution in [0.5, 0.6) is 0 Å². The summed E-state index contributed by atoms with van der Waals surface area (Å²) in [6.45, 7) is 0.844. The number of hydrogen-bond acceptors (Lipinski definition) is 5. The molecule has 1 aromatic carbocycles. The molecule has 0 aromatic heterocycles. The predicted octanol–water partition coefficient (Wildman–Crippen LogP) is 1.57. The third-order valence-electron chi connectivity index (χ3n) is 3.77. The Bertz CT molecular complexity index is 629. The predicted molar refractivity (Wildman–Crippen MR) is 82.3 cm³/mol. The third-order valence-corrected chi connectivity index (χ3v) is 4.30. The number of imide groups is 1. The summed E-state index contributed by atoms with van der Waals surface area (Å²) in [5.74, 6) is -1.21. The lowest BCUT2D eigenvalue weighted by molar-refractivity contribution is -0.142. The first-order valence-corrected chi connectivity index (χ1v) is 7.76. The van der Waals surface area contributed by atoms with Crippen LogP contribution in [0.2, 0.25) is 0 Å². The van der Waals surface area contributed by atoms with Crippen LogP contribution >= 0.6 is 15.9 Å². The molecule has 22 heavy (non-hydrogen) atoms. The number of carbonyl (C=O) groups excluding carboxylic acids is 2. The van der Waals surface area contributed by atoms with Gasteiger partial charge in [0.25, 0.3) is 5.91 Å². The van der Waals surface area contributed by atoms with Gasteiger partial charge in [0.05, 0.1) is 0 Å². The molecule has 2 aliphatic rings. The van der Waals surface area contributed by atoms with Gasteiger partial charge >= 0.3 is 0 Å². The topological polar surface area (TPSA) is 68.2 Å². The molecule has 1 fully saturated rings. The summed E-state index contributed by atoms with van der Waals surface area (Å²) in [5, 5.41) is 3.96. The first-order chi connectivity index (χ1) is 10.6. The molecule has 2 amide bonds. The van der Waals surface area contributed by atoms with Gasteiger partial charge in [-0.2, -0.15) is 0 Å². The van der Waals surface area contributed by atoms with E-state index in [9.17, 15) is 9.59 Å². The lowest BCUT2D eigenvalue weighted by atomic mass is 9.94. The highest BCUT2D eigenvalue weighted by molar-refractivity contribution is 9.10. The molecule has 0 unspecified atom stereocenters. The van der Waals surface area contributed by atoms with Gasteiger partial charge in [-0.3, -0.25) is 14.5 Å². The third kappa shape index (κ3) is 2.55. The van der Waals surface area contributed by atoms with Crippen molar-refractivity contribution in [1.29, 1.82) is 0 Å². The second-order valence-corrected chi connectivity index (χ2v) is 6.08. The molecular weight excluding hydrogens is 352 g/mol. The molecule has 0 N–H and O–H groups in total. The Kier molecular flexibility index (Phi) is 4.26. The number of hydrogen-bond donors (Lipinski definition) is 0. The SMILES string of the molecule is COCCCN1C(=O)[C@@H]2C(c3ccc(Br)cc3)=NO[C@H]2C1=O. The molecule has 6 nitrogen and oxygen atoms in total. The van der Waals surface area contributed by atoms with Crippen molar-refractivity contribution in [3.8, 4) is 0 Å². The number of nitrogens with zero attached hydrogens (tertiary/aromatic N) is 2. The molecule has 0 spiro atoms. The molecule has 1 saturated heterocycles. The number of rotatable bonds is 5. The molecule has 3 rings (SSSR count). The van der Waals surface area contributed by atoms with Crippen LogP contribution in [0.4, 0.5) is 0 Å². The minimum absolute atomic E-state index is 0.245. The van der Waals surface area contributed by atoms with E-state index in [-0.39, 0.29) is 11.8 Å². The van der Waals surface area contributed by atoms with Crippen molar-refractivity contribution in [2.45, 2.75) is 12.5 Å². The minimum atomic E-state index is -0.825. The maximum absolute atomic E-state index is 12.5. The van der Waals surface area contributed by atoms with Crippen LogP contribution in [0.15, 0.2) is 33.9 Å². The van der Waals surface area contributed by atoms with Gasteiger partial charge in [0.2, 0.25) is 12.0 Å². The van der Waals surface area contributed by atoms with Gasteiger partial charge in [0.1, 0.15) is 11.6 Å². The van der Waals surface area contributed by atoms with Crippen LogP contribution in [0, 0.1) is 5.92 Å². The highest BCUT2D eigenvalue weighted by Gasteiger charge is 2.55. The Hall–Kier alpha value is -1.73. The van der Waals surface area contributed by atoms with E-state index >= 15 is 0 Å². The average Bonchev–Trinajstić information content (AvgIpc) is 3.04. The van der Waals surface area contributed by atoms with Gasteiger partial charge in [-0.05, 0) is 18.6 Å². The van der Waals surface area contributed by atoms with Crippen molar-refractivity contribution in [2.24, 2.45) is 11.1 Å². The van der Waals surface area contributed by atoms with Crippen molar-refractivity contribution in [1.82, 2.24) is 4.90 Å². The van der Waals surface area contributed by atoms with Gasteiger partial charge in [-0.25, -0.2) is 0 Å². The van der Waals surface area contributed by atoms with Crippen LogP contribution in [0.25, 0.3) is 0 Å². The fourth-order valence-electron chi connectivity index (χ4n) is 2.68. The number of ether oxygens (including phenoxy) is 1. The molecule has 1 aromatic rings. The number of fused-ring (bicyclic) bond motifs is 1. The molecule has 0 saturated carbocycles. The van der Waals surface area contributed by atoms with Crippen LogP contribution in [0.3, 0.4) is 0 Å². The molecule has 2 heterocycles. The van der Waals surface area contributed by atoms with E-state index < -0.39 is 12.0 Å². The summed E-state index contributed by atoms with van der Waals surface area (Å²) < 4.78 is 5.89. The Morgan fingerprint density at radius 1 is 1.27 bits per heavy atom. The van der Waals surface area contributed by atoms with Crippen LogP contribution < -0.4 is 0 Å². The number of halogens is 1. The summed E-state index contributed by atoms with van der Waals surface area (Å²) in [7, 11) is 1.59. The molecular formula is C15H15BrN2O4. The fraction of sp³-hybridized carbons (Fsp3) is 0.400. The fourth-order valence-corrected chi connectivity index (χ4v) is 2.94. The Morgan fingerprint density at radius 2 is 2.00 bits per heavy atom. The van der Waals surface area contributed by atoms with Crippen molar-refractivity contribution < 1.29 is 19.2 Å². The zero-order valence-electron chi connectivity index (χ0n) is 12.0. The van der Waals surface area contributed by atoms with E-state index in [1.165, 1.54) is 4.90 Å². The maximum atomic E-state index is 12.5. The molecule has 116 valence electrons. The van der Waals surface area contributed by atoms with Gasteiger partial charge < -0.3 is 9.57 Å². The first-order valence-electron chi connectivity index (χ1n) is 6.97. The monoisotopic (exact) mass is 366 g/mol. The highest BCUT2D eigenvalue weighted by Crippen LogP contribution is 2.32. The summed E-state index contributed by atoms with van der Waals surface area (Å²) in [5.41, 5.74) is 1.31. The van der Waals surface area contributed by atoms with Crippen LogP contribution in [-0.4, -0.2) is 48.8 Å². The van der Waals surface area contributed by atoms with Gasteiger partial charge in [-0.15, -0.1) is 0 Å². The van der Waals surface area contributed by atoms with E-state index in [2.05, 4.69) is 21.1 Å². The first kappa shape index (κ1) is 15.2. The molecule has 7 heteroatoms. The van der Waals surface area contributed by atoms with Crippen molar-refractivity contribution in [3.05, 3.63) is 34.3 Å². The summed E-state index contributed by atoms with van der Waals surface area (Å²) in [6, 6.07) is 7.42. The van der Waals surface area contributed by atoms with Gasteiger partial charge in [-0.1, -0.05) is 33.2 Å². The Balaban J connectivity index is 1.80. The van der Waals surface area contributed by atoms with E-state index in [1.54, 1.807) is 7.11 Å². The lowest BCUT2D eigenvalue weighted by Gasteiger charge is -2.14. The Labute approximate surface area is 136 Å². The summed E-state index contributed by atoms with van der Waals surface area (Å²) >= 11 is 3.36. The minimum Gasteiger partial charge on any atom is -0.385 e. The average molecular weight is 367 g/mol. The standard InChI is InChI=1S/C15H15BrN2O4/c1-21-8-2-7-18-14(19)11-12(17-22-13(11)15(18)20)9-3-5-10(16)6-4-9/h3-6,11,13H,2,7-8H2,1H3/t11-,13-/m1/s1. The number of oxime groups is 1. The lowest BCUT2D eigenvalue weighted by Crippen LogP contribution is -2.34. The van der Waals surface area contributed by atoms with Gasteiger partial charge in [0, 0.05) is 30.3 Å². The maximum Gasteiger partial charge on any atom is 0.274 e. The van der Waals surface area contributed by atoms with Crippen LogP contribution in [-0.2, 0) is 19.2 Å². The number of amides is 2. The summed E-state index contributed by atoms with van der Waals surface area (Å²) in [4.78, 5) is 31.3. The van der Waals surface area contributed by atoms with E-state index in [1.807, 2.05) is 24.3 Å². The summed E-state index contributed by atoms with van der Waals surface area (Å²) in [6.07, 6.45) is -0.216. The second-order valence-electron chi connectivity index (χ2n) is 5.16. The van der Waals surface area contributed by atoms with E-state index in [0.29, 0.717) is 25.3 Å². The molecule has 0 aliphatic carbocycles. The zero-order chi connectivity index (χ0) is 15.7. The molecule has 0 bridgehead atoms. The number of methoxy groups -OCH3 is 1. The normalized spacial score (nSPS) is 23.5. The molecule has 0 radical (unpaired) electrons.